The average Bonchev–Trinajstić information content (AvgIpc) is 2.61. The predicted molar refractivity (Wildman–Crippen MR) is 59.8 cm³/mol. The van der Waals surface area contributed by atoms with Crippen molar-refractivity contribution in [3.63, 3.8) is 0 Å². The predicted octanol–water partition coefficient (Wildman–Crippen LogP) is 1.91. The Morgan fingerprint density at radius 3 is 3.13 bits per heavy atom. The van der Waals surface area contributed by atoms with Crippen molar-refractivity contribution in [1.82, 2.24) is 5.32 Å². The van der Waals surface area contributed by atoms with Gasteiger partial charge in [-0.1, -0.05) is 11.8 Å². The van der Waals surface area contributed by atoms with Gasteiger partial charge in [-0.05, 0) is 23.8 Å². The summed E-state index contributed by atoms with van der Waals surface area (Å²) >= 11 is 5.52. The van der Waals surface area contributed by atoms with Crippen LogP contribution in [0.4, 0.5) is 0 Å². The van der Waals surface area contributed by atoms with Crippen molar-refractivity contribution in [2.75, 3.05) is 5.88 Å². The van der Waals surface area contributed by atoms with Crippen LogP contribution in [0.25, 0.3) is 0 Å². The van der Waals surface area contributed by atoms with Crippen molar-refractivity contribution in [3.8, 4) is 11.8 Å². The molecule has 1 aliphatic rings. The molecule has 0 atom stereocenters. The third-order valence-corrected chi connectivity index (χ3v) is 2.43. The van der Waals surface area contributed by atoms with Crippen LogP contribution in [0.15, 0.2) is 18.2 Å². The number of carbonyl (C=O) groups is 1. The summed E-state index contributed by atoms with van der Waals surface area (Å²) in [4.78, 5) is 11.3. The number of fused-ring (bicyclic) bond motifs is 1. The molecule has 0 aliphatic carbocycles. The number of carbonyl (C=O) groups excluding carboxylic acids is 1. The molecule has 1 amide bonds. The summed E-state index contributed by atoms with van der Waals surface area (Å²) in [6.45, 7) is 0.610. The van der Waals surface area contributed by atoms with Gasteiger partial charge in [0.1, 0.15) is 0 Å². The standard InChI is InChI=1S/C12H10ClNO/c13-6-2-1-3-9-4-5-11-10(7-9)8-14-12(11)15/h4-5,7H,2,6,8H2,(H,14,15). The smallest absolute Gasteiger partial charge is 0.251 e. The Morgan fingerprint density at radius 1 is 1.47 bits per heavy atom. The van der Waals surface area contributed by atoms with Gasteiger partial charge in [-0.15, -0.1) is 11.6 Å². The normalized spacial score (nSPS) is 12.7. The van der Waals surface area contributed by atoms with E-state index in [0.29, 0.717) is 18.8 Å². The monoisotopic (exact) mass is 219 g/mol. The van der Waals surface area contributed by atoms with Crippen LogP contribution in [0.5, 0.6) is 0 Å². The molecular formula is C12H10ClNO. The van der Waals surface area contributed by atoms with Crippen molar-refractivity contribution in [3.05, 3.63) is 34.9 Å². The fourth-order valence-corrected chi connectivity index (χ4v) is 1.62. The van der Waals surface area contributed by atoms with E-state index in [4.69, 9.17) is 11.6 Å². The van der Waals surface area contributed by atoms with Crippen LogP contribution >= 0.6 is 11.6 Å². The van der Waals surface area contributed by atoms with Gasteiger partial charge in [0.05, 0.1) is 0 Å². The summed E-state index contributed by atoms with van der Waals surface area (Å²) in [7, 11) is 0. The maximum absolute atomic E-state index is 11.3. The Hall–Kier alpha value is -1.46. The largest absolute Gasteiger partial charge is 0.348 e. The Morgan fingerprint density at radius 2 is 2.33 bits per heavy atom. The zero-order chi connectivity index (χ0) is 10.7. The Labute approximate surface area is 93.6 Å². The third-order valence-electron chi connectivity index (χ3n) is 2.24. The first-order valence-electron chi connectivity index (χ1n) is 4.77. The Kier molecular flexibility index (Phi) is 2.94. The molecule has 0 radical (unpaired) electrons. The summed E-state index contributed by atoms with van der Waals surface area (Å²) in [5, 5.41) is 2.77. The highest BCUT2D eigenvalue weighted by Crippen LogP contribution is 2.16. The molecule has 0 spiro atoms. The zero-order valence-electron chi connectivity index (χ0n) is 8.14. The number of hydrogen-bond acceptors (Lipinski definition) is 1. The molecule has 15 heavy (non-hydrogen) atoms. The van der Waals surface area contributed by atoms with Gasteiger partial charge in [0, 0.05) is 30.0 Å². The first kappa shape index (κ1) is 10.1. The van der Waals surface area contributed by atoms with Crippen LogP contribution in [0.1, 0.15) is 27.9 Å². The lowest BCUT2D eigenvalue weighted by Gasteiger charge is -1.95. The highest BCUT2D eigenvalue weighted by atomic mass is 35.5. The first-order valence-corrected chi connectivity index (χ1v) is 5.30. The molecule has 1 heterocycles. The van der Waals surface area contributed by atoms with E-state index in [1.165, 1.54) is 0 Å². The second kappa shape index (κ2) is 4.37. The summed E-state index contributed by atoms with van der Waals surface area (Å²) < 4.78 is 0. The van der Waals surface area contributed by atoms with Gasteiger partial charge in [-0.2, -0.15) is 0 Å². The second-order valence-electron chi connectivity index (χ2n) is 3.30. The maximum atomic E-state index is 11.3. The molecule has 2 rings (SSSR count). The highest BCUT2D eigenvalue weighted by molar-refractivity contribution is 6.18. The van der Waals surface area contributed by atoms with E-state index in [0.717, 1.165) is 16.7 Å². The number of alkyl halides is 1. The summed E-state index contributed by atoms with van der Waals surface area (Å²) in [5.74, 6) is 6.54. The Balaban J connectivity index is 2.24. The van der Waals surface area contributed by atoms with E-state index in [9.17, 15) is 4.79 Å². The summed E-state index contributed by atoms with van der Waals surface area (Å²) in [6, 6.07) is 5.64. The zero-order valence-corrected chi connectivity index (χ0v) is 8.90. The first-order chi connectivity index (χ1) is 7.31. The third kappa shape index (κ3) is 2.14. The molecule has 0 saturated carbocycles. The molecule has 0 saturated heterocycles. The van der Waals surface area contributed by atoms with E-state index in [2.05, 4.69) is 17.2 Å². The summed E-state index contributed by atoms with van der Waals surface area (Å²) in [5.41, 5.74) is 2.73. The van der Waals surface area contributed by atoms with E-state index in [1.54, 1.807) is 0 Å². The SMILES string of the molecule is O=C1NCc2cc(C#CCCCl)ccc21. The lowest BCUT2D eigenvalue weighted by molar-refractivity contribution is 0.0966. The van der Waals surface area contributed by atoms with Crippen molar-refractivity contribution in [2.45, 2.75) is 13.0 Å². The minimum atomic E-state index is 0.00488. The van der Waals surface area contributed by atoms with Crippen LogP contribution < -0.4 is 5.32 Å². The van der Waals surface area contributed by atoms with Crippen LogP contribution in [0.3, 0.4) is 0 Å². The topological polar surface area (TPSA) is 29.1 Å². The molecule has 1 aliphatic heterocycles. The van der Waals surface area contributed by atoms with Gasteiger partial charge in [-0.3, -0.25) is 4.79 Å². The van der Waals surface area contributed by atoms with Crippen LogP contribution in [-0.2, 0) is 6.54 Å². The molecular weight excluding hydrogens is 210 g/mol. The Bertz CT molecular complexity index is 456. The average molecular weight is 220 g/mol. The van der Waals surface area contributed by atoms with Gasteiger partial charge in [0.25, 0.3) is 5.91 Å². The van der Waals surface area contributed by atoms with E-state index in [1.807, 2.05) is 18.2 Å². The summed E-state index contributed by atoms with van der Waals surface area (Å²) in [6.07, 6.45) is 0.690. The van der Waals surface area contributed by atoms with Crippen LogP contribution in [-0.4, -0.2) is 11.8 Å². The van der Waals surface area contributed by atoms with E-state index in [-0.39, 0.29) is 5.91 Å². The maximum Gasteiger partial charge on any atom is 0.251 e. The number of rotatable bonds is 1. The number of benzene rings is 1. The molecule has 1 aromatic carbocycles. The lowest BCUT2D eigenvalue weighted by Crippen LogP contribution is -2.12. The van der Waals surface area contributed by atoms with Crippen LogP contribution in [0.2, 0.25) is 0 Å². The van der Waals surface area contributed by atoms with Gasteiger partial charge in [0.2, 0.25) is 0 Å². The molecule has 0 unspecified atom stereocenters. The van der Waals surface area contributed by atoms with Crippen molar-refractivity contribution in [1.29, 1.82) is 0 Å². The molecule has 1 aromatic rings. The minimum absolute atomic E-state index is 0.00488. The van der Waals surface area contributed by atoms with E-state index >= 15 is 0 Å². The molecule has 3 heteroatoms. The van der Waals surface area contributed by atoms with Gasteiger partial charge < -0.3 is 5.32 Å². The number of halogens is 1. The fraction of sp³-hybridized carbons (Fsp3) is 0.250. The highest BCUT2D eigenvalue weighted by Gasteiger charge is 2.17. The van der Waals surface area contributed by atoms with Crippen molar-refractivity contribution in [2.24, 2.45) is 0 Å². The molecule has 1 N–H and O–H groups in total. The number of nitrogens with one attached hydrogen (secondary N) is 1. The molecule has 0 fully saturated rings. The van der Waals surface area contributed by atoms with Gasteiger partial charge >= 0.3 is 0 Å². The van der Waals surface area contributed by atoms with Crippen molar-refractivity contribution < 1.29 is 4.79 Å². The molecule has 0 aromatic heterocycles. The molecule has 76 valence electrons. The molecule has 2 nitrogen and oxygen atoms in total. The second-order valence-corrected chi connectivity index (χ2v) is 3.67. The quantitative estimate of drug-likeness (QED) is 0.568. The van der Waals surface area contributed by atoms with Crippen molar-refractivity contribution >= 4 is 17.5 Å². The lowest BCUT2D eigenvalue weighted by atomic mass is 10.1. The van der Waals surface area contributed by atoms with Gasteiger partial charge in [-0.25, -0.2) is 0 Å². The molecule has 0 bridgehead atoms. The number of amides is 1. The number of hydrogen-bond donors (Lipinski definition) is 1. The fourth-order valence-electron chi connectivity index (χ4n) is 1.52. The minimum Gasteiger partial charge on any atom is -0.348 e. The van der Waals surface area contributed by atoms with E-state index < -0.39 is 0 Å². The van der Waals surface area contributed by atoms with Crippen LogP contribution in [0, 0.1) is 11.8 Å². The van der Waals surface area contributed by atoms with Gasteiger partial charge in [0.15, 0.2) is 0 Å².